The molecule has 0 radical (unpaired) electrons. The second-order valence-electron chi connectivity index (χ2n) is 3.69. The lowest BCUT2D eigenvalue weighted by molar-refractivity contribution is -0.121. The molecule has 0 fully saturated rings. The van der Waals surface area contributed by atoms with Crippen LogP contribution >= 0.6 is 28.1 Å². The highest BCUT2D eigenvalue weighted by Crippen LogP contribution is 2.15. The number of thiocarbonyl (C=S) groups is 1. The molecule has 1 aromatic carbocycles. The average molecular weight is 344 g/mol. The maximum atomic E-state index is 11.9. The van der Waals surface area contributed by atoms with Crippen LogP contribution in [0.25, 0.3) is 0 Å². The van der Waals surface area contributed by atoms with E-state index < -0.39 is 0 Å². The molecule has 102 valence electrons. The standard InChI is InChI=1S/C12H14BrN3O2S/c1-2-5-10(17)15-16-12(19)14-11(18)8-6-3-4-7-9(8)13/h3-4,6-7H,2,5H2,1H3,(H,15,17)(H2,14,16,18,19). The summed E-state index contributed by atoms with van der Waals surface area (Å²) in [6.45, 7) is 1.90. The third kappa shape index (κ3) is 5.35. The van der Waals surface area contributed by atoms with Gasteiger partial charge in [0.1, 0.15) is 0 Å². The van der Waals surface area contributed by atoms with Crippen LogP contribution in [0, 0.1) is 0 Å². The van der Waals surface area contributed by atoms with E-state index in [9.17, 15) is 9.59 Å². The highest BCUT2D eigenvalue weighted by molar-refractivity contribution is 9.10. The number of rotatable bonds is 3. The first-order chi connectivity index (χ1) is 9.04. The predicted octanol–water partition coefficient (Wildman–Crippen LogP) is 1.88. The number of carbonyl (C=O) groups is 2. The highest BCUT2D eigenvalue weighted by atomic mass is 79.9. The number of hydrogen-bond acceptors (Lipinski definition) is 3. The lowest BCUT2D eigenvalue weighted by atomic mass is 10.2. The van der Waals surface area contributed by atoms with E-state index in [1.54, 1.807) is 18.2 Å². The zero-order chi connectivity index (χ0) is 14.3. The van der Waals surface area contributed by atoms with Crippen LogP contribution in [0.1, 0.15) is 30.1 Å². The molecule has 0 unspecified atom stereocenters. The fourth-order valence-corrected chi connectivity index (χ4v) is 1.87. The molecule has 3 N–H and O–H groups in total. The van der Waals surface area contributed by atoms with Crippen LogP contribution < -0.4 is 16.2 Å². The van der Waals surface area contributed by atoms with Crippen molar-refractivity contribution in [3.63, 3.8) is 0 Å². The summed E-state index contributed by atoms with van der Waals surface area (Å²) in [5, 5.41) is 2.52. The van der Waals surface area contributed by atoms with E-state index >= 15 is 0 Å². The first-order valence-electron chi connectivity index (χ1n) is 5.69. The summed E-state index contributed by atoms with van der Waals surface area (Å²) in [6, 6.07) is 6.98. The van der Waals surface area contributed by atoms with Gasteiger partial charge >= 0.3 is 0 Å². The molecule has 0 aliphatic heterocycles. The number of hydrazine groups is 1. The molecular weight excluding hydrogens is 330 g/mol. The average Bonchev–Trinajstić information content (AvgIpc) is 2.37. The van der Waals surface area contributed by atoms with Crippen molar-refractivity contribution in [3.05, 3.63) is 34.3 Å². The SMILES string of the molecule is CCCC(=O)NNC(=S)NC(=O)c1ccccc1Br. The van der Waals surface area contributed by atoms with Crippen molar-refractivity contribution >= 4 is 45.1 Å². The summed E-state index contributed by atoms with van der Waals surface area (Å²) in [4.78, 5) is 23.1. The summed E-state index contributed by atoms with van der Waals surface area (Å²) in [5.41, 5.74) is 5.33. The molecule has 0 aliphatic carbocycles. The largest absolute Gasteiger partial charge is 0.298 e. The fraction of sp³-hybridized carbons (Fsp3) is 0.250. The maximum absolute atomic E-state index is 11.9. The van der Waals surface area contributed by atoms with Gasteiger partial charge in [0, 0.05) is 10.9 Å². The van der Waals surface area contributed by atoms with Gasteiger partial charge in [0.15, 0.2) is 5.11 Å². The first-order valence-corrected chi connectivity index (χ1v) is 6.89. The van der Waals surface area contributed by atoms with E-state index in [1.165, 1.54) is 0 Å². The molecule has 0 aromatic heterocycles. The Balaban J connectivity index is 2.47. The van der Waals surface area contributed by atoms with E-state index in [2.05, 4.69) is 32.1 Å². The van der Waals surface area contributed by atoms with E-state index in [0.29, 0.717) is 16.5 Å². The van der Waals surface area contributed by atoms with Gasteiger partial charge in [-0.3, -0.25) is 25.8 Å². The van der Waals surface area contributed by atoms with E-state index in [4.69, 9.17) is 12.2 Å². The molecule has 0 heterocycles. The van der Waals surface area contributed by atoms with Gasteiger partial charge in [-0.05, 0) is 46.7 Å². The van der Waals surface area contributed by atoms with Crippen molar-refractivity contribution < 1.29 is 9.59 Å². The van der Waals surface area contributed by atoms with Gasteiger partial charge in [-0.2, -0.15) is 0 Å². The van der Waals surface area contributed by atoms with Gasteiger partial charge in [-0.25, -0.2) is 0 Å². The quantitative estimate of drug-likeness (QED) is 0.579. The molecule has 19 heavy (non-hydrogen) atoms. The van der Waals surface area contributed by atoms with Crippen molar-refractivity contribution in [2.75, 3.05) is 0 Å². The van der Waals surface area contributed by atoms with E-state index in [1.807, 2.05) is 13.0 Å². The fourth-order valence-electron chi connectivity index (χ4n) is 1.26. The van der Waals surface area contributed by atoms with Crippen LogP contribution in [0.3, 0.4) is 0 Å². The molecule has 2 amide bonds. The Kier molecular flexibility index (Phi) is 6.44. The highest BCUT2D eigenvalue weighted by Gasteiger charge is 2.10. The van der Waals surface area contributed by atoms with Crippen molar-refractivity contribution in [1.82, 2.24) is 16.2 Å². The Morgan fingerprint density at radius 1 is 1.26 bits per heavy atom. The molecule has 0 saturated carbocycles. The van der Waals surface area contributed by atoms with Crippen LogP contribution in [0.2, 0.25) is 0 Å². The van der Waals surface area contributed by atoms with Crippen molar-refractivity contribution in [2.24, 2.45) is 0 Å². The van der Waals surface area contributed by atoms with Crippen molar-refractivity contribution in [3.8, 4) is 0 Å². The van der Waals surface area contributed by atoms with Gasteiger partial charge < -0.3 is 0 Å². The zero-order valence-electron chi connectivity index (χ0n) is 10.3. The second kappa shape index (κ2) is 7.85. The molecule has 0 bridgehead atoms. The summed E-state index contributed by atoms with van der Waals surface area (Å²) in [5.74, 6) is -0.533. The maximum Gasteiger partial charge on any atom is 0.258 e. The van der Waals surface area contributed by atoms with Crippen LogP contribution in [0.4, 0.5) is 0 Å². The minimum absolute atomic E-state index is 0.0465. The van der Waals surface area contributed by atoms with Crippen LogP contribution in [0.15, 0.2) is 28.7 Å². The van der Waals surface area contributed by atoms with E-state index in [-0.39, 0.29) is 16.9 Å². The summed E-state index contributed by atoms with van der Waals surface area (Å²) >= 11 is 8.18. The van der Waals surface area contributed by atoms with Gasteiger partial charge in [0.25, 0.3) is 5.91 Å². The number of halogens is 1. The third-order valence-electron chi connectivity index (χ3n) is 2.14. The van der Waals surface area contributed by atoms with Gasteiger partial charge in [0.2, 0.25) is 5.91 Å². The summed E-state index contributed by atoms with van der Waals surface area (Å²) in [7, 11) is 0. The normalized spacial score (nSPS) is 9.58. The molecule has 1 rings (SSSR count). The molecule has 0 aliphatic rings. The molecule has 5 nitrogen and oxygen atoms in total. The molecular formula is C12H14BrN3O2S. The Labute approximate surface area is 125 Å². The number of carbonyl (C=O) groups excluding carboxylic acids is 2. The number of nitrogens with one attached hydrogen (secondary N) is 3. The molecule has 0 atom stereocenters. The monoisotopic (exact) mass is 343 g/mol. The minimum atomic E-state index is -0.352. The smallest absolute Gasteiger partial charge is 0.258 e. The lowest BCUT2D eigenvalue weighted by Crippen LogP contribution is -2.48. The summed E-state index contributed by atoms with van der Waals surface area (Å²) in [6.07, 6.45) is 1.14. The van der Waals surface area contributed by atoms with Crippen molar-refractivity contribution in [1.29, 1.82) is 0 Å². The van der Waals surface area contributed by atoms with Gasteiger partial charge in [-0.15, -0.1) is 0 Å². The molecule has 0 saturated heterocycles. The number of hydrogen-bond donors (Lipinski definition) is 3. The first kappa shape index (κ1) is 15.6. The predicted molar refractivity (Wildman–Crippen MR) is 80.4 cm³/mol. The minimum Gasteiger partial charge on any atom is -0.298 e. The van der Waals surface area contributed by atoms with Crippen LogP contribution in [-0.2, 0) is 4.79 Å². The Morgan fingerprint density at radius 2 is 1.95 bits per heavy atom. The van der Waals surface area contributed by atoms with Crippen molar-refractivity contribution in [2.45, 2.75) is 19.8 Å². The molecule has 1 aromatic rings. The van der Waals surface area contributed by atoms with Crippen LogP contribution in [0.5, 0.6) is 0 Å². The van der Waals surface area contributed by atoms with Gasteiger partial charge in [-0.1, -0.05) is 19.1 Å². The molecule has 7 heteroatoms. The lowest BCUT2D eigenvalue weighted by Gasteiger charge is -2.11. The van der Waals surface area contributed by atoms with E-state index in [0.717, 1.165) is 6.42 Å². The number of amides is 2. The summed E-state index contributed by atoms with van der Waals surface area (Å²) < 4.78 is 0.672. The Hall–Kier alpha value is -1.47. The molecule has 0 spiro atoms. The second-order valence-corrected chi connectivity index (χ2v) is 4.95. The Morgan fingerprint density at radius 3 is 2.58 bits per heavy atom. The zero-order valence-corrected chi connectivity index (χ0v) is 12.7. The Bertz CT molecular complexity index is 494. The van der Waals surface area contributed by atoms with Gasteiger partial charge in [0.05, 0.1) is 5.56 Å². The van der Waals surface area contributed by atoms with Crippen LogP contribution in [-0.4, -0.2) is 16.9 Å². The topological polar surface area (TPSA) is 70.2 Å². The number of benzene rings is 1. The third-order valence-corrected chi connectivity index (χ3v) is 3.03.